The van der Waals surface area contributed by atoms with Crippen LogP contribution in [-0.4, -0.2) is 25.1 Å². The summed E-state index contributed by atoms with van der Waals surface area (Å²) in [7, 11) is -3.67. The molecule has 0 saturated heterocycles. The van der Waals surface area contributed by atoms with Crippen LogP contribution in [0.3, 0.4) is 0 Å². The van der Waals surface area contributed by atoms with Gasteiger partial charge < -0.3 is 15.8 Å². The molecule has 2 rings (SSSR count). The maximum Gasteiger partial charge on any atom is 0.271 e. The standard InChI is InChI=1S/C10H12N2O.H4N2O2S/c11-4-3-7-6-12-10-2-1-8(13)5-9(7)10;1-5(2,3)4/h1-2,5-6,12-13H,3-4,11H2;(H4,1,2,3,4). The zero-order valence-corrected chi connectivity index (χ0v) is 10.4. The fraction of sp³-hybridized carbons (Fsp3) is 0.200. The molecule has 0 radical (unpaired) electrons. The lowest BCUT2D eigenvalue weighted by molar-refractivity contribution is 0.476. The Kier molecular flexibility index (Phi) is 4.68. The summed E-state index contributed by atoms with van der Waals surface area (Å²) in [5.41, 5.74) is 7.68. The highest BCUT2D eigenvalue weighted by molar-refractivity contribution is 7.86. The number of fused-ring (bicyclic) bond motifs is 1. The Labute approximate surface area is 105 Å². The maximum atomic E-state index is 9.30. The SMILES string of the molecule is NCCc1c[nH]c2ccc(O)cc12.NS(N)(=O)=O. The van der Waals surface area contributed by atoms with Gasteiger partial charge in [-0.05, 0) is 36.7 Å². The molecule has 0 saturated carbocycles. The van der Waals surface area contributed by atoms with E-state index in [1.807, 2.05) is 12.3 Å². The second-order valence-electron chi connectivity index (χ2n) is 3.67. The van der Waals surface area contributed by atoms with E-state index in [1.54, 1.807) is 12.1 Å². The first-order valence-corrected chi connectivity index (χ1v) is 6.72. The number of phenolic OH excluding ortho intramolecular Hbond substituents is 1. The maximum absolute atomic E-state index is 9.30. The van der Waals surface area contributed by atoms with Gasteiger partial charge in [0, 0.05) is 17.1 Å². The highest BCUT2D eigenvalue weighted by Crippen LogP contribution is 2.22. The number of H-pyrrole nitrogens is 1. The highest BCUT2D eigenvalue weighted by Gasteiger charge is 2.02. The van der Waals surface area contributed by atoms with Gasteiger partial charge >= 0.3 is 0 Å². The van der Waals surface area contributed by atoms with Gasteiger partial charge in [-0.2, -0.15) is 8.42 Å². The molecule has 1 heterocycles. The Morgan fingerprint density at radius 2 is 1.89 bits per heavy atom. The van der Waals surface area contributed by atoms with Crippen LogP contribution in [0, 0.1) is 0 Å². The molecule has 18 heavy (non-hydrogen) atoms. The Hall–Kier alpha value is -1.61. The zero-order chi connectivity index (χ0) is 13.8. The van der Waals surface area contributed by atoms with E-state index in [1.165, 1.54) is 0 Å². The van der Waals surface area contributed by atoms with Crippen molar-refractivity contribution in [2.24, 2.45) is 16.0 Å². The molecule has 0 unspecified atom stereocenters. The van der Waals surface area contributed by atoms with Crippen molar-refractivity contribution in [3.63, 3.8) is 0 Å². The summed E-state index contributed by atoms with van der Waals surface area (Å²) in [5, 5.41) is 18.6. The summed E-state index contributed by atoms with van der Waals surface area (Å²) in [6.45, 7) is 0.628. The van der Waals surface area contributed by atoms with Crippen molar-refractivity contribution in [2.75, 3.05) is 6.54 Å². The molecule has 1 aromatic heterocycles. The Bertz CT molecular complexity index is 613. The number of aromatic amines is 1. The van der Waals surface area contributed by atoms with Gasteiger partial charge in [-0.15, -0.1) is 0 Å². The van der Waals surface area contributed by atoms with Crippen LogP contribution in [-0.2, 0) is 16.6 Å². The lowest BCUT2D eigenvalue weighted by Crippen LogP contribution is -2.21. The molecular weight excluding hydrogens is 256 g/mol. The molecule has 0 aliphatic heterocycles. The minimum atomic E-state index is -3.67. The molecule has 0 spiro atoms. The van der Waals surface area contributed by atoms with Crippen LogP contribution in [0.5, 0.6) is 5.75 Å². The average molecular weight is 272 g/mol. The van der Waals surface area contributed by atoms with Gasteiger partial charge in [0.25, 0.3) is 10.2 Å². The van der Waals surface area contributed by atoms with Crippen molar-refractivity contribution in [3.05, 3.63) is 30.0 Å². The lowest BCUT2D eigenvalue weighted by Gasteiger charge is -1.96. The van der Waals surface area contributed by atoms with Crippen molar-refractivity contribution in [1.82, 2.24) is 4.98 Å². The molecule has 0 atom stereocenters. The van der Waals surface area contributed by atoms with Crippen molar-refractivity contribution in [3.8, 4) is 5.75 Å². The van der Waals surface area contributed by atoms with Gasteiger partial charge in [-0.1, -0.05) is 0 Å². The predicted molar refractivity (Wildman–Crippen MR) is 70.0 cm³/mol. The van der Waals surface area contributed by atoms with E-state index in [0.29, 0.717) is 12.3 Å². The molecule has 8 heteroatoms. The molecule has 0 aliphatic rings. The normalized spacial score (nSPS) is 11.1. The van der Waals surface area contributed by atoms with Gasteiger partial charge in [-0.3, -0.25) is 0 Å². The van der Waals surface area contributed by atoms with Crippen molar-refractivity contribution in [2.45, 2.75) is 6.42 Å². The first kappa shape index (κ1) is 14.5. The fourth-order valence-electron chi connectivity index (χ4n) is 1.53. The zero-order valence-electron chi connectivity index (χ0n) is 9.63. The van der Waals surface area contributed by atoms with Gasteiger partial charge in [0.15, 0.2) is 0 Å². The quantitative estimate of drug-likeness (QED) is 0.502. The number of aromatic nitrogens is 1. The number of hydrogen-bond donors (Lipinski definition) is 5. The molecule has 7 nitrogen and oxygen atoms in total. The molecule has 0 aliphatic carbocycles. The summed E-state index contributed by atoms with van der Waals surface area (Å²) < 4.78 is 18.4. The van der Waals surface area contributed by atoms with Crippen molar-refractivity contribution in [1.29, 1.82) is 0 Å². The van der Waals surface area contributed by atoms with Crippen LogP contribution < -0.4 is 16.0 Å². The number of rotatable bonds is 2. The topological polar surface area (TPSA) is 148 Å². The summed E-state index contributed by atoms with van der Waals surface area (Å²) in [4.78, 5) is 3.13. The molecule has 0 fully saturated rings. The molecule has 2 aromatic rings. The van der Waals surface area contributed by atoms with Crippen LogP contribution in [0.2, 0.25) is 0 Å². The van der Waals surface area contributed by atoms with E-state index in [0.717, 1.165) is 22.9 Å². The van der Waals surface area contributed by atoms with E-state index >= 15 is 0 Å². The van der Waals surface area contributed by atoms with Crippen LogP contribution in [0.25, 0.3) is 10.9 Å². The van der Waals surface area contributed by atoms with E-state index in [9.17, 15) is 13.5 Å². The number of benzene rings is 1. The van der Waals surface area contributed by atoms with Gasteiger partial charge in [-0.25, -0.2) is 10.3 Å². The predicted octanol–water partition coefficient (Wildman–Crippen LogP) is -0.477. The molecule has 100 valence electrons. The van der Waals surface area contributed by atoms with Crippen LogP contribution in [0.15, 0.2) is 24.4 Å². The van der Waals surface area contributed by atoms with Crippen molar-refractivity contribution >= 4 is 21.1 Å². The third-order valence-corrected chi connectivity index (χ3v) is 2.16. The van der Waals surface area contributed by atoms with Crippen LogP contribution in [0.4, 0.5) is 0 Å². The highest BCUT2D eigenvalue weighted by atomic mass is 32.2. The lowest BCUT2D eigenvalue weighted by atomic mass is 10.1. The second kappa shape index (κ2) is 5.83. The van der Waals surface area contributed by atoms with E-state index in [4.69, 9.17) is 5.73 Å². The van der Waals surface area contributed by atoms with E-state index in [2.05, 4.69) is 15.3 Å². The Morgan fingerprint density at radius 3 is 2.44 bits per heavy atom. The van der Waals surface area contributed by atoms with Crippen molar-refractivity contribution < 1.29 is 13.5 Å². The number of phenols is 1. The summed E-state index contributed by atoms with van der Waals surface area (Å²) in [5.74, 6) is 0.297. The smallest absolute Gasteiger partial charge is 0.271 e. The van der Waals surface area contributed by atoms with Gasteiger partial charge in [0.2, 0.25) is 0 Å². The van der Waals surface area contributed by atoms with Crippen LogP contribution >= 0.6 is 0 Å². The largest absolute Gasteiger partial charge is 0.508 e. The van der Waals surface area contributed by atoms with Gasteiger partial charge in [0.05, 0.1) is 0 Å². The Balaban J connectivity index is 0.000000280. The third-order valence-electron chi connectivity index (χ3n) is 2.16. The monoisotopic (exact) mass is 272 g/mol. The molecule has 0 bridgehead atoms. The number of hydrogen-bond acceptors (Lipinski definition) is 4. The number of nitrogens with two attached hydrogens (primary N) is 3. The van der Waals surface area contributed by atoms with E-state index in [-0.39, 0.29) is 0 Å². The average Bonchev–Trinajstić information content (AvgIpc) is 2.59. The second-order valence-corrected chi connectivity index (χ2v) is 4.85. The number of nitrogens with one attached hydrogen (secondary N) is 1. The minimum Gasteiger partial charge on any atom is -0.508 e. The Morgan fingerprint density at radius 1 is 1.28 bits per heavy atom. The molecular formula is C10H16N4O3S. The first-order valence-electron chi connectivity index (χ1n) is 5.11. The molecule has 1 aromatic carbocycles. The minimum absolute atomic E-state index is 0.297. The summed E-state index contributed by atoms with van der Waals surface area (Å²) in [6.07, 6.45) is 2.78. The first-order chi connectivity index (χ1) is 8.31. The summed E-state index contributed by atoms with van der Waals surface area (Å²) in [6, 6.07) is 5.30. The van der Waals surface area contributed by atoms with Crippen LogP contribution in [0.1, 0.15) is 5.56 Å². The third kappa shape index (κ3) is 4.72. The fourth-order valence-corrected chi connectivity index (χ4v) is 1.53. The summed E-state index contributed by atoms with van der Waals surface area (Å²) >= 11 is 0. The molecule has 8 N–H and O–H groups in total. The molecule has 0 amide bonds. The number of aromatic hydroxyl groups is 1. The van der Waals surface area contributed by atoms with E-state index < -0.39 is 10.2 Å². The van der Waals surface area contributed by atoms with Gasteiger partial charge in [0.1, 0.15) is 5.75 Å².